The zero-order valence-corrected chi connectivity index (χ0v) is 18.3. The van der Waals surface area contributed by atoms with Crippen molar-refractivity contribution in [3.05, 3.63) is 95.2 Å². The molecule has 1 atom stereocenters. The van der Waals surface area contributed by atoms with Crippen LogP contribution >= 0.6 is 0 Å². The Morgan fingerprint density at radius 1 is 1.00 bits per heavy atom. The van der Waals surface area contributed by atoms with Gasteiger partial charge < -0.3 is 19.6 Å². The lowest BCUT2D eigenvalue weighted by Crippen LogP contribution is -2.35. The van der Waals surface area contributed by atoms with Crippen LogP contribution < -0.4 is 9.47 Å². The molecule has 0 aliphatic carbocycles. The van der Waals surface area contributed by atoms with E-state index in [0.29, 0.717) is 6.61 Å². The molecule has 164 valence electrons. The summed E-state index contributed by atoms with van der Waals surface area (Å²) in [6.07, 6.45) is 1.01. The molecular formula is C27H28N2O3. The van der Waals surface area contributed by atoms with Gasteiger partial charge in [0.25, 0.3) is 0 Å². The number of para-hydroxylation sites is 1. The second kappa shape index (κ2) is 9.07. The van der Waals surface area contributed by atoms with Crippen molar-refractivity contribution in [3.63, 3.8) is 0 Å². The second-order valence-corrected chi connectivity index (χ2v) is 8.18. The number of fused-ring (bicyclic) bond motifs is 3. The standard InChI is InChI=1S/C27H28N2O3/c1-31-22-6-4-5-20(17-22)27-26-24(23-7-2-3-8-25(23)28-26)13-14-29(27)18-19-9-11-21(12-10-19)32-16-15-30/h2-12,17,27-28,30H,13-16,18H2,1H3/t27-/m0/s1. The lowest BCUT2D eigenvalue weighted by Gasteiger charge is -2.36. The number of nitrogens with zero attached hydrogens (tertiary/aromatic N) is 1. The molecule has 3 aromatic carbocycles. The molecule has 0 unspecified atom stereocenters. The molecule has 5 nitrogen and oxygen atoms in total. The molecule has 4 aromatic rings. The zero-order valence-electron chi connectivity index (χ0n) is 18.3. The summed E-state index contributed by atoms with van der Waals surface area (Å²) in [5.74, 6) is 1.65. The van der Waals surface area contributed by atoms with Gasteiger partial charge in [0.15, 0.2) is 0 Å². The van der Waals surface area contributed by atoms with Crippen LogP contribution in [0, 0.1) is 0 Å². The number of aliphatic hydroxyl groups is 1. The SMILES string of the molecule is COc1cccc([C@H]2c3[nH]c4ccccc4c3CCN2Cc2ccc(OCCO)cc2)c1. The fourth-order valence-corrected chi connectivity index (χ4v) is 4.74. The van der Waals surface area contributed by atoms with Gasteiger partial charge in [0.1, 0.15) is 18.1 Å². The molecule has 2 N–H and O–H groups in total. The van der Waals surface area contributed by atoms with E-state index in [-0.39, 0.29) is 12.6 Å². The lowest BCUT2D eigenvalue weighted by atomic mass is 9.92. The van der Waals surface area contributed by atoms with Crippen LogP contribution in [0.2, 0.25) is 0 Å². The predicted molar refractivity (Wildman–Crippen MR) is 126 cm³/mol. The summed E-state index contributed by atoms with van der Waals surface area (Å²) in [6.45, 7) is 2.13. The van der Waals surface area contributed by atoms with Crippen LogP contribution in [-0.2, 0) is 13.0 Å². The van der Waals surface area contributed by atoms with Crippen LogP contribution in [0.25, 0.3) is 10.9 Å². The molecule has 0 saturated carbocycles. The van der Waals surface area contributed by atoms with E-state index >= 15 is 0 Å². The van der Waals surface area contributed by atoms with Gasteiger partial charge in [-0.05, 0) is 53.4 Å². The van der Waals surface area contributed by atoms with Crippen LogP contribution in [0.4, 0.5) is 0 Å². The Balaban J connectivity index is 1.51. The first-order valence-electron chi connectivity index (χ1n) is 11.1. The van der Waals surface area contributed by atoms with Gasteiger partial charge in [-0.25, -0.2) is 0 Å². The van der Waals surface area contributed by atoms with E-state index in [1.807, 2.05) is 18.2 Å². The van der Waals surface area contributed by atoms with Crippen LogP contribution in [0.1, 0.15) is 28.4 Å². The van der Waals surface area contributed by atoms with Gasteiger partial charge in [-0.15, -0.1) is 0 Å². The van der Waals surface area contributed by atoms with Crippen molar-refractivity contribution < 1.29 is 14.6 Å². The molecule has 0 radical (unpaired) electrons. The summed E-state index contributed by atoms with van der Waals surface area (Å²) in [5, 5.41) is 10.3. The molecule has 5 rings (SSSR count). The van der Waals surface area contributed by atoms with E-state index in [1.165, 1.54) is 33.3 Å². The van der Waals surface area contributed by atoms with E-state index in [9.17, 15) is 0 Å². The first kappa shape index (κ1) is 20.6. The third-order valence-corrected chi connectivity index (χ3v) is 6.21. The number of aromatic amines is 1. The summed E-state index contributed by atoms with van der Waals surface area (Å²) in [4.78, 5) is 6.25. The Kier molecular flexibility index (Phi) is 5.84. The number of aliphatic hydroxyl groups excluding tert-OH is 1. The number of hydrogen-bond acceptors (Lipinski definition) is 4. The van der Waals surface area contributed by atoms with Crippen molar-refractivity contribution >= 4 is 10.9 Å². The molecular weight excluding hydrogens is 400 g/mol. The summed E-state index contributed by atoms with van der Waals surface area (Å²) < 4.78 is 11.0. The highest BCUT2D eigenvalue weighted by Crippen LogP contribution is 2.39. The van der Waals surface area contributed by atoms with Crippen LogP contribution in [0.15, 0.2) is 72.8 Å². The normalized spacial score (nSPS) is 16.1. The third kappa shape index (κ3) is 3.97. The highest BCUT2D eigenvalue weighted by molar-refractivity contribution is 5.85. The minimum Gasteiger partial charge on any atom is -0.497 e. The first-order valence-corrected chi connectivity index (χ1v) is 11.1. The average Bonchev–Trinajstić information content (AvgIpc) is 3.22. The fourth-order valence-electron chi connectivity index (χ4n) is 4.74. The number of rotatable bonds is 7. The molecule has 1 aliphatic heterocycles. The average molecular weight is 429 g/mol. The predicted octanol–water partition coefficient (Wildman–Crippen LogP) is 4.70. The molecule has 0 saturated heterocycles. The first-order chi connectivity index (χ1) is 15.8. The van der Waals surface area contributed by atoms with Crippen LogP contribution in [0.5, 0.6) is 11.5 Å². The Bertz CT molecular complexity index is 1200. The largest absolute Gasteiger partial charge is 0.497 e. The number of H-pyrrole nitrogens is 1. The monoisotopic (exact) mass is 428 g/mol. The smallest absolute Gasteiger partial charge is 0.119 e. The number of methoxy groups -OCH3 is 1. The minimum absolute atomic E-state index is 0.0184. The van der Waals surface area contributed by atoms with Crippen LogP contribution in [-0.4, -0.2) is 41.9 Å². The van der Waals surface area contributed by atoms with E-state index in [0.717, 1.165) is 31.0 Å². The summed E-state index contributed by atoms with van der Waals surface area (Å²) in [7, 11) is 1.71. The summed E-state index contributed by atoms with van der Waals surface area (Å²) in [6, 6.07) is 25.2. The van der Waals surface area contributed by atoms with Crippen molar-refractivity contribution in [2.45, 2.75) is 19.0 Å². The molecule has 0 amide bonds. The van der Waals surface area contributed by atoms with Crippen molar-refractivity contribution in [3.8, 4) is 11.5 Å². The number of benzene rings is 3. The van der Waals surface area contributed by atoms with Crippen LogP contribution in [0.3, 0.4) is 0 Å². The Hall–Kier alpha value is -3.28. The van der Waals surface area contributed by atoms with Gasteiger partial charge in [-0.1, -0.05) is 42.5 Å². The van der Waals surface area contributed by atoms with E-state index in [1.54, 1.807) is 7.11 Å². The Morgan fingerprint density at radius 2 is 1.84 bits per heavy atom. The van der Waals surface area contributed by atoms with Crippen molar-refractivity contribution in [1.82, 2.24) is 9.88 Å². The molecule has 32 heavy (non-hydrogen) atoms. The fraction of sp³-hybridized carbons (Fsp3) is 0.259. The number of aromatic nitrogens is 1. The van der Waals surface area contributed by atoms with Gasteiger partial charge in [0, 0.05) is 29.7 Å². The molecule has 1 aromatic heterocycles. The van der Waals surface area contributed by atoms with Crippen molar-refractivity contribution in [2.24, 2.45) is 0 Å². The van der Waals surface area contributed by atoms with E-state index in [4.69, 9.17) is 14.6 Å². The number of nitrogens with one attached hydrogen (secondary N) is 1. The van der Waals surface area contributed by atoms with Gasteiger partial charge in [-0.3, -0.25) is 4.90 Å². The Morgan fingerprint density at radius 3 is 2.66 bits per heavy atom. The van der Waals surface area contributed by atoms with Gasteiger partial charge in [0.05, 0.1) is 19.8 Å². The maximum Gasteiger partial charge on any atom is 0.119 e. The highest BCUT2D eigenvalue weighted by atomic mass is 16.5. The maximum atomic E-state index is 8.96. The van der Waals surface area contributed by atoms with Gasteiger partial charge in [-0.2, -0.15) is 0 Å². The zero-order chi connectivity index (χ0) is 21.9. The molecule has 0 fully saturated rings. The Labute approximate surface area is 188 Å². The van der Waals surface area contributed by atoms with Gasteiger partial charge in [0.2, 0.25) is 0 Å². The summed E-state index contributed by atoms with van der Waals surface area (Å²) >= 11 is 0. The third-order valence-electron chi connectivity index (χ3n) is 6.21. The highest BCUT2D eigenvalue weighted by Gasteiger charge is 2.31. The number of ether oxygens (including phenoxy) is 2. The van der Waals surface area contributed by atoms with Crippen molar-refractivity contribution in [2.75, 3.05) is 26.9 Å². The van der Waals surface area contributed by atoms with Crippen molar-refractivity contribution in [1.29, 1.82) is 0 Å². The summed E-state index contributed by atoms with van der Waals surface area (Å²) in [5.41, 5.74) is 6.33. The topological polar surface area (TPSA) is 57.7 Å². The van der Waals surface area contributed by atoms with E-state index < -0.39 is 0 Å². The quantitative estimate of drug-likeness (QED) is 0.448. The maximum absolute atomic E-state index is 8.96. The molecule has 1 aliphatic rings. The number of hydrogen-bond donors (Lipinski definition) is 2. The molecule has 0 bridgehead atoms. The molecule has 5 heteroatoms. The van der Waals surface area contributed by atoms with E-state index in [2.05, 4.69) is 64.5 Å². The minimum atomic E-state index is 0.0184. The second-order valence-electron chi connectivity index (χ2n) is 8.18. The van der Waals surface area contributed by atoms with Gasteiger partial charge >= 0.3 is 0 Å². The lowest BCUT2D eigenvalue weighted by molar-refractivity contribution is 0.199. The molecule has 2 heterocycles. The molecule has 0 spiro atoms.